The molecule has 226 valence electrons. The number of unbranched alkanes of at least 4 members (excludes halogenated alkanes) is 1. The van der Waals surface area contributed by atoms with Crippen molar-refractivity contribution >= 4 is 16.5 Å². The third kappa shape index (κ3) is 11.0. The molecule has 1 nitrogen and oxygen atoms in total. The number of allylic oxidation sites excluding steroid dienone is 2. The lowest BCUT2D eigenvalue weighted by atomic mass is 9.90. The van der Waals surface area contributed by atoms with Crippen molar-refractivity contribution in [2.24, 2.45) is 5.92 Å². The molecular formula is C34H43F6N. The highest BCUT2D eigenvalue weighted by Gasteiger charge is 2.37. The van der Waals surface area contributed by atoms with Crippen LogP contribution in [-0.2, 0) is 12.4 Å². The molecule has 2 aromatic carbocycles. The molecule has 0 aliphatic rings. The smallest absolute Gasteiger partial charge is 0.248 e. The highest BCUT2D eigenvalue weighted by molar-refractivity contribution is 5.85. The molecule has 0 saturated heterocycles. The first-order chi connectivity index (χ1) is 19.2. The monoisotopic (exact) mass is 579 g/mol. The van der Waals surface area contributed by atoms with Crippen molar-refractivity contribution in [3.8, 4) is 11.3 Å². The van der Waals surface area contributed by atoms with E-state index in [-0.39, 0.29) is 17.3 Å². The molecule has 1 atom stereocenters. The molecule has 3 rings (SSSR count). The number of halogens is 6. The molecule has 1 unspecified atom stereocenters. The van der Waals surface area contributed by atoms with Gasteiger partial charge in [-0.2, -0.15) is 26.3 Å². The van der Waals surface area contributed by atoms with E-state index in [9.17, 15) is 26.3 Å². The highest BCUT2D eigenvalue weighted by atomic mass is 19.4. The Labute approximate surface area is 241 Å². The molecule has 0 aliphatic carbocycles. The molecule has 0 N–H and O–H groups in total. The fraction of sp³-hybridized carbons (Fsp3) is 0.441. The zero-order valence-electron chi connectivity index (χ0n) is 25.1. The summed E-state index contributed by atoms with van der Waals surface area (Å²) in [6, 6.07) is 9.66. The van der Waals surface area contributed by atoms with Gasteiger partial charge in [-0.15, -0.1) is 0 Å². The summed E-state index contributed by atoms with van der Waals surface area (Å²) in [5.74, 6) is 0.796. The summed E-state index contributed by atoms with van der Waals surface area (Å²) >= 11 is 0. The lowest BCUT2D eigenvalue weighted by Crippen LogP contribution is -2.11. The van der Waals surface area contributed by atoms with Crippen LogP contribution in [-0.4, -0.2) is 4.98 Å². The predicted octanol–water partition coefficient (Wildman–Crippen LogP) is 12.6. The van der Waals surface area contributed by atoms with Gasteiger partial charge in [0.1, 0.15) is 0 Å². The lowest BCUT2D eigenvalue weighted by molar-refractivity contribution is -0.143. The second kappa shape index (κ2) is 16.4. The summed E-state index contributed by atoms with van der Waals surface area (Å²) in [6.45, 7) is 20.6. The maximum atomic E-state index is 13.0. The minimum Gasteiger partial charge on any atom is -0.248 e. The van der Waals surface area contributed by atoms with E-state index < -0.39 is 23.5 Å². The van der Waals surface area contributed by atoms with Crippen LogP contribution in [0.5, 0.6) is 0 Å². The van der Waals surface area contributed by atoms with Crippen molar-refractivity contribution in [3.63, 3.8) is 0 Å². The van der Waals surface area contributed by atoms with Crippen molar-refractivity contribution in [2.45, 2.75) is 92.4 Å². The first-order valence-corrected chi connectivity index (χ1v) is 14.2. The van der Waals surface area contributed by atoms with Crippen LogP contribution >= 0.6 is 0 Å². The summed E-state index contributed by atoms with van der Waals surface area (Å²) in [6.07, 6.45) is -2.02. The summed E-state index contributed by atoms with van der Waals surface area (Å²) in [7, 11) is 0. The van der Waals surface area contributed by atoms with E-state index in [1.54, 1.807) is 18.2 Å². The Morgan fingerprint density at radius 2 is 1.39 bits per heavy atom. The molecule has 0 saturated carbocycles. The standard InChI is InChI=1S/C20H13F6N.C12H24.C2H6/c1-11(2)12-3-5-17-13(7-12)4-6-18(27-17)14-8-15(19(21,22)23)10-16(9-14)20(24,25)26;1-5-8-10-12(7-3)11(4)9-6-2;1-2/h3-10H,1H2,2H3;12H,4-10H2,1-3H3;1-2H3. The molecule has 0 radical (unpaired) electrons. The number of hydrogen-bond donors (Lipinski definition) is 0. The Hall–Kier alpha value is -3.09. The highest BCUT2D eigenvalue weighted by Crippen LogP contribution is 2.38. The molecule has 1 aromatic heterocycles. The number of pyridine rings is 1. The number of alkyl halides is 6. The van der Waals surface area contributed by atoms with Gasteiger partial charge >= 0.3 is 12.4 Å². The van der Waals surface area contributed by atoms with Gasteiger partial charge in [0.15, 0.2) is 0 Å². The average Bonchev–Trinajstić information content (AvgIpc) is 2.93. The number of aromatic nitrogens is 1. The average molecular weight is 580 g/mol. The van der Waals surface area contributed by atoms with Crippen LogP contribution in [0, 0.1) is 5.92 Å². The molecule has 0 spiro atoms. The molecule has 0 bridgehead atoms. The first-order valence-electron chi connectivity index (χ1n) is 14.2. The molecule has 41 heavy (non-hydrogen) atoms. The molecule has 1 heterocycles. The van der Waals surface area contributed by atoms with Gasteiger partial charge in [0.25, 0.3) is 0 Å². The minimum atomic E-state index is -4.90. The molecule has 3 aromatic rings. The molecule has 0 fully saturated rings. The summed E-state index contributed by atoms with van der Waals surface area (Å²) < 4.78 is 78.2. The fourth-order valence-corrected chi connectivity index (χ4v) is 4.33. The van der Waals surface area contributed by atoms with Gasteiger partial charge in [0.2, 0.25) is 0 Å². The molecule has 7 heteroatoms. The van der Waals surface area contributed by atoms with Crippen molar-refractivity contribution in [3.05, 3.63) is 84.0 Å². The normalized spacial score (nSPS) is 12.1. The Kier molecular flexibility index (Phi) is 14.4. The van der Waals surface area contributed by atoms with E-state index in [1.807, 2.05) is 26.8 Å². The largest absolute Gasteiger partial charge is 0.416 e. The first kappa shape index (κ1) is 35.9. The number of fused-ring (bicyclic) bond motifs is 1. The van der Waals surface area contributed by atoms with Gasteiger partial charge in [-0.25, -0.2) is 4.98 Å². The van der Waals surface area contributed by atoms with Crippen LogP contribution < -0.4 is 0 Å². The summed E-state index contributed by atoms with van der Waals surface area (Å²) in [5, 5.41) is 0.710. The van der Waals surface area contributed by atoms with Crippen molar-refractivity contribution in [1.82, 2.24) is 4.98 Å². The van der Waals surface area contributed by atoms with Gasteiger partial charge in [0, 0.05) is 10.9 Å². The summed E-state index contributed by atoms with van der Waals surface area (Å²) in [4.78, 5) is 4.23. The number of nitrogens with zero attached hydrogens (tertiary/aromatic N) is 1. The van der Waals surface area contributed by atoms with E-state index in [1.165, 1.54) is 50.2 Å². The van der Waals surface area contributed by atoms with E-state index in [0.29, 0.717) is 23.0 Å². The maximum Gasteiger partial charge on any atom is 0.416 e. The van der Waals surface area contributed by atoms with Gasteiger partial charge in [-0.3, -0.25) is 0 Å². The van der Waals surface area contributed by atoms with E-state index in [2.05, 4.69) is 38.9 Å². The van der Waals surface area contributed by atoms with Gasteiger partial charge in [-0.05, 0) is 74.1 Å². The van der Waals surface area contributed by atoms with Gasteiger partial charge < -0.3 is 0 Å². The summed E-state index contributed by atoms with van der Waals surface area (Å²) in [5.41, 5.74) is 0.685. The second-order valence-electron chi connectivity index (χ2n) is 9.83. The minimum absolute atomic E-state index is 0.0298. The Balaban J connectivity index is 0.000000508. The Morgan fingerprint density at radius 3 is 1.85 bits per heavy atom. The van der Waals surface area contributed by atoms with Crippen molar-refractivity contribution in [2.75, 3.05) is 0 Å². The van der Waals surface area contributed by atoms with E-state index in [0.717, 1.165) is 17.1 Å². The van der Waals surface area contributed by atoms with E-state index in [4.69, 9.17) is 0 Å². The molecule has 0 aliphatic heterocycles. The third-order valence-electron chi connectivity index (χ3n) is 6.61. The van der Waals surface area contributed by atoms with Crippen LogP contribution in [0.2, 0.25) is 0 Å². The topological polar surface area (TPSA) is 12.9 Å². The SMILES string of the molecule is C=C(C)c1ccc2nc(-c3cc(C(F)(F)F)cc(C(F)(F)F)c3)ccc2c1.C=C(CCC)C(CC)CCCC.CC. The quantitative estimate of drug-likeness (QED) is 0.181. The van der Waals surface area contributed by atoms with Crippen LogP contribution in [0.15, 0.2) is 67.3 Å². The van der Waals surface area contributed by atoms with Gasteiger partial charge in [-0.1, -0.05) is 90.3 Å². The maximum absolute atomic E-state index is 13.0. The number of rotatable bonds is 9. The van der Waals surface area contributed by atoms with Gasteiger partial charge in [0.05, 0.1) is 22.3 Å². The fourth-order valence-electron chi connectivity index (χ4n) is 4.33. The number of benzene rings is 2. The Bertz CT molecular complexity index is 1240. The molecule has 0 amide bonds. The Morgan fingerprint density at radius 1 is 0.805 bits per heavy atom. The molecular weight excluding hydrogens is 536 g/mol. The lowest BCUT2D eigenvalue weighted by Gasteiger charge is -2.16. The zero-order valence-corrected chi connectivity index (χ0v) is 25.1. The third-order valence-corrected chi connectivity index (χ3v) is 6.61. The number of hydrogen-bond acceptors (Lipinski definition) is 1. The second-order valence-corrected chi connectivity index (χ2v) is 9.83. The zero-order chi connectivity index (χ0) is 31.4. The van der Waals surface area contributed by atoms with Crippen molar-refractivity contribution in [1.29, 1.82) is 0 Å². The van der Waals surface area contributed by atoms with Crippen LogP contribution in [0.3, 0.4) is 0 Å². The van der Waals surface area contributed by atoms with E-state index >= 15 is 0 Å². The van der Waals surface area contributed by atoms with Crippen LogP contribution in [0.4, 0.5) is 26.3 Å². The van der Waals surface area contributed by atoms with Crippen molar-refractivity contribution < 1.29 is 26.3 Å². The predicted molar refractivity (Wildman–Crippen MR) is 161 cm³/mol. The van der Waals surface area contributed by atoms with Crippen LogP contribution in [0.25, 0.3) is 27.7 Å². The van der Waals surface area contributed by atoms with Crippen LogP contribution in [0.1, 0.15) is 96.8 Å².